The van der Waals surface area contributed by atoms with Crippen LogP contribution in [0.5, 0.6) is 5.75 Å². The summed E-state index contributed by atoms with van der Waals surface area (Å²) in [5, 5.41) is 0. The highest BCUT2D eigenvalue weighted by Crippen LogP contribution is 2.21. The summed E-state index contributed by atoms with van der Waals surface area (Å²) >= 11 is 0. The fourth-order valence-electron chi connectivity index (χ4n) is 3.25. The monoisotopic (exact) mass is 314 g/mol. The third kappa shape index (κ3) is 4.83. The highest BCUT2D eigenvalue weighted by molar-refractivity contribution is 5.76. The van der Waals surface area contributed by atoms with Crippen LogP contribution in [0.3, 0.4) is 0 Å². The van der Waals surface area contributed by atoms with Crippen molar-refractivity contribution in [1.29, 1.82) is 0 Å². The van der Waals surface area contributed by atoms with E-state index in [0.29, 0.717) is 24.9 Å². The van der Waals surface area contributed by atoms with Gasteiger partial charge in [-0.1, -0.05) is 30.4 Å². The Hall–Kier alpha value is -1.81. The number of para-hydroxylation sites is 1. The van der Waals surface area contributed by atoms with E-state index < -0.39 is 0 Å². The van der Waals surface area contributed by atoms with E-state index in [9.17, 15) is 4.79 Å². The number of carbonyl (C=O) groups excluding carboxylic acids is 1. The molecule has 1 amide bonds. The normalized spacial score (nSPS) is 21.6. The first-order chi connectivity index (χ1) is 11.3. The molecule has 3 rings (SSSR count). The molecule has 23 heavy (non-hydrogen) atoms. The average Bonchev–Trinajstić information content (AvgIpc) is 3.09. The van der Waals surface area contributed by atoms with Crippen molar-refractivity contribution >= 4 is 5.91 Å². The Morgan fingerprint density at radius 2 is 1.91 bits per heavy atom. The molecule has 0 N–H and O–H groups in total. The summed E-state index contributed by atoms with van der Waals surface area (Å²) in [7, 11) is 0. The summed E-state index contributed by atoms with van der Waals surface area (Å²) in [6.45, 7) is 5.21. The Bertz CT molecular complexity index is 521. The molecule has 1 heterocycles. The van der Waals surface area contributed by atoms with Gasteiger partial charge in [0.2, 0.25) is 5.91 Å². The predicted molar refractivity (Wildman–Crippen MR) is 91.4 cm³/mol. The molecule has 1 aliphatic heterocycles. The predicted octanol–water partition coefficient (Wildman–Crippen LogP) is 2.57. The van der Waals surface area contributed by atoms with Crippen molar-refractivity contribution < 1.29 is 9.53 Å². The van der Waals surface area contributed by atoms with Crippen LogP contribution in [-0.2, 0) is 4.79 Å². The minimum absolute atomic E-state index is 0.321. The number of allylic oxidation sites excluding steroid dienone is 2. The molecule has 1 aromatic carbocycles. The molecule has 1 atom stereocenters. The zero-order chi connectivity index (χ0) is 15.9. The van der Waals surface area contributed by atoms with Gasteiger partial charge in [0, 0.05) is 39.1 Å². The molecular formula is C19H26N2O2. The number of rotatable bonds is 6. The maximum absolute atomic E-state index is 12.3. The molecule has 0 radical (unpaired) electrons. The summed E-state index contributed by atoms with van der Waals surface area (Å²) in [5.41, 5.74) is 0. The molecule has 0 aromatic heterocycles. The first kappa shape index (κ1) is 16.1. The second-order valence-electron chi connectivity index (χ2n) is 6.35. The summed E-state index contributed by atoms with van der Waals surface area (Å²) in [6, 6.07) is 9.92. The third-order valence-corrected chi connectivity index (χ3v) is 4.69. The van der Waals surface area contributed by atoms with E-state index in [2.05, 4.69) is 17.1 Å². The van der Waals surface area contributed by atoms with E-state index in [1.165, 1.54) is 0 Å². The molecular weight excluding hydrogens is 288 g/mol. The Kier molecular flexibility index (Phi) is 5.70. The molecule has 0 spiro atoms. The van der Waals surface area contributed by atoms with E-state index in [4.69, 9.17) is 4.74 Å². The van der Waals surface area contributed by atoms with Crippen molar-refractivity contribution in [2.75, 3.05) is 39.3 Å². The van der Waals surface area contributed by atoms with Crippen LogP contribution in [0.15, 0.2) is 42.5 Å². The molecule has 1 fully saturated rings. The van der Waals surface area contributed by atoms with E-state index in [0.717, 1.165) is 51.3 Å². The smallest absolute Gasteiger partial charge is 0.223 e. The van der Waals surface area contributed by atoms with Crippen molar-refractivity contribution in [3.8, 4) is 5.75 Å². The van der Waals surface area contributed by atoms with Gasteiger partial charge in [0.1, 0.15) is 12.4 Å². The molecule has 0 bridgehead atoms. The first-order valence-corrected chi connectivity index (χ1v) is 8.66. The zero-order valence-electron chi connectivity index (χ0n) is 13.7. The highest BCUT2D eigenvalue weighted by Gasteiger charge is 2.23. The minimum atomic E-state index is 0.321. The maximum atomic E-state index is 12.3. The largest absolute Gasteiger partial charge is 0.492 e. The molecule has 1 aliphatic carbocycles. The van der Waals surface area contributed by atoms with E-state index in [-0.39, 0.29) is 0 Å². The molecule has 2 aliphatic rings. The van der Waals surface area contributed by atoms with Crippen LogP contribution in [-0.4, -0.2) is 55.0 Å². The summed E-state index contributed by atoms with van der Waals surface area (Å²) in [5.74, 6) is 1.72. The average molecular weight is 314 g/mol. The summed E-state index contributed by atoms with van der Waals surface area (Å²) < 4.78 is 5.74. The fraction of sp³-hybridized carbons (Fsp3) is 0.526. The second-order valence-corrected chi connectivity index (χ2v) is 6.35. The molecule has 0 unspecified atom stereocenters. The van der Waals surface area contributed by atoms with Crippen molar-refractivity contribution in [2.45, 2.75) is 19.3 Å². The van der Waals surface area contributed by atoms with Gasteiger partial charge < -0.3 is 9.64 Å². The Balaban J connectivity index is 1.33. The molecule has 4 heteroatoms. The van der Waals surface area contributed by atoms with Gasteiger partial charge in [-0.2, -0.15) is 0 Å². The van der Waals surface area contributed by atoms with Crippen molar-refractivity contribution in [2.24, 2.45) is 5.92 Å². The van der Waals surface area contributed by atoms with E-state index in [1.807, 2.05) is 35.2 Å². The summed E-state index contributed by atoms with van der Waals surface area (Å²) in [6.07, 6.45) is 7.36. The van der Waals surface area contributed by atoms with Gasteiger partial charge in [-0.05, 0) is 30.9 Å². The van der Waals surface area contributed by atoms with E-state index in [1.54, 1.807) is 0 Å². The standard InChI is InChI=1S/C19H26N2O2/c22-19(16-17-6-4-5-7-17)21-12-10-20(11-13-21)14-15-23-18-8-2-1-3-9-18/h1-4,6,8-9,17H,5,7,10-16H2/t17-/m1/s1. The number of benzene rings is 1. The molecule has 0 saturated carbocycles. The maximum Gasteiger partial charge on any atom is 0.223 e. The first-order valence-electron chi connectivity index (χ1n) is 8.66. The van der Waals surface area contributed by atoms with Crippen LogP contribution < -0.4 is 4.74 Å². The van der Waals surface area contributed by atoms with Gasteiger partial charge in [0.05, 0.1) is 0 Å². The van der Waals surface area contributed by atoms with Crippen LogP contribution in [0.25, 0.3) is 0 Å². The Labute approximate surface area is 138 Å². The topological polar surface area (TPSA) is 32.8 Å². The number of carbonyl (C=O) groups is 1. The molecule has 1 saturated heterocycles. The lowest BCUT2D eigenvalue weighted by Gasteiger charge is -2.35. The molecule has 1 aromatic rings. The number of piperazine rings is 1. The number of ether oxygens (including phenoxy) is 1. The van der Waals surface area contributed by atoms with Gasteiger partial charge >= 0.3 is 0 Å². The fourth-order valence-corrected chi connectivity index (χ4v) is 3.25. The summed E-state index contributed by atoms with van der Waals surface area (Å²) in [4.78, 5) is 16.7. The third-order valence-electron chi connectivity index (χ3n) is 4.69. The number of hydrogen-bond donors (Lipinski definition) is 0. The van der Waals surface area contributed by atoms with E-state index >= 15 is 0 Å². The van der Waals surface area contributed by atoms with Crippen LogP contribution in [0.4, 0.5) is 0 Å². The van der Waals surface area contributed by atoms with Crippen LogP contribution in [0, 0.1) is 5.92 Å². The number of hydrogen-bond acceptors (Lipinski definition) is 3. The van der Waals surface area contributed by atoms with Gasteiger partial charge in [-0.25, -0.2) is 0 Å². The van der Waals surface area contributed by atoms with Gasteiger partial charge in [0.15, 0.2) is 0 Å². The minimum Gasteiger partial charge on any atom is -0.492 e. The quantitative estimate of drug-likeness (QED) is 0.757. The highest BCUT2D eigenvalue weighted by atomic mass is 16.5. The van der Waals surface area contributed by atoms with Gasteiger partial charge in [-0.3, -0.25) is 9.69 Å². The molecule has 4 nitrogen and oxygen atoms in total. The van der Waals surface area contributed by atoms with Crippen molar-refractivity contribution in [3.05, 3.63) is 42.5 Å². The lowest BCUT2D eigenvalue weighted by molar-refractivity contribution is -0.133. The Morgan fingerprint density at radius 3 is 2.61 bits per heavy atom. The van der Waals surface area contributed by atoms with Crippen LogP contribution >= 0.6 is 0 Å². The zero-order valence-corrected chi connectivity index (χ0v) is 13.7. The van der Waals surface area contributed by atoms with Crippen LogP contribution in [0.1, 0.15) is 19.3 Å². The lowest BCUT2D eigenvalue weighted by atomic mass is 10.0. The van der Waals surface area contributed by atoms with Gasteiger partial charge in [0.25, 0.3) is 0 Å². The SMILES string of the molecule is O=C(C[C@@H]1C=CCC1)N1CCN(CCOc2ccccc2)CC1. The van der Waals surface area contributed by atoms with Crippen LogP contribution in [0.2, 0.25) is 0 Å². The Morgan fingerprint density at radius 1 is 1.13 bits per heavy atom. The number of amides is 1. The molecule has 124 valence electrons. The van der Waals surface area contributed by atoms with Gasteiger partial charge in [-0.15, -0.1) is 0 Å². The lowest BCUT2D eigenvalue weighted by Crippen LogP contribution is -2.49. The number of nitrogens with zero attached hydrogens (tertiary/aromatic N) is 2. The van der Waals surface area contributed by atoms with Crippen molar-refractivity contribution in [3.63, 3.8) is 0 Å². The van der Waals surface area contributed by atoms with Crippen molar-refractivity contribution in [1.82, 2.24) is 9.80 Å². The second kappa shape index (κ2) is 8.16.